The van der Waals surface area contributed by atoms with Crippen molar-refractivity contribution in [3.05, 3.63) is 95.7 Å². The zero-order valence-electron chi connectivity index (χ0n) is 14.1. The molecular weight excluding hydrogens is 378 g/mol. The van der Waals surface area contributed by atoms with E-state index in [1.165, 1.54) is 11.3 Å². The Labute approximate surface area is 165 Å². The first kappa shape index (κ1) is 17.3. The van der Waals surface area contributed by atoms with Gasteiger partial charge >= 0.3 is 0 Å². The highest BCUT2D eigenvalue weighted by Crippen LogP contribution is 2.29. The number of thiazole rings is 1. The van der Waals surface area contributed by atoms with Gasteiger partial charge < -0.3 is 0 Å². The number of rotatable bonds is 5. The molecule has 0 saturated heterocycles. The number of pyridine rings is 2. The summed E-state index contributed by atoms with van der Waals surface area (Å²) in [5, 5.41) is 5.92. The summed E-state index contributed by atoms with van der Waals surface area (Å²) in [5.41, 5.74) is 6.21. The van der Waals surface area contributed by atoms with Crippen LogP contribution in [0.3, 0.4) is 0 Å². The molecule has 0 aliphatic heterocycles. The smallest absolute Gasteiger partial charge is 0.203 e. The second-order valence-corrected chi connectivity index (χ2v) is 7.01. The molecule has 0 saturated carbocycles. The lowest BCUT2D eigenvalue weighted by Gasteiger charge is -2.05. The van der Waals surface area contributed by atoms with Crippen molar-refractivity contribution in [3.63, 3.8) is 0 Å². The standard InChI is InChI=1S/C20H14ClN5S/c21-15-9-7-14(8-10-15)18-13-24-20(27-18)26-25-19(16-5-1-3-11-22-16)17-6-2-4-12-23-17/h1-13H,(H,24,26). The number of nitrogens with one attached hydrogen (secondary N) is 1. The molecule has 0 amide bonds. The van der Waals surface area contributed by atoms with Gasteiger partial charge in [0.05, 0.1) is 16.3 Å². The number of halogens is 1. The third-order valence-corrected chi connectivity index (χ3v) is 4.92. The van der Waals surface area contributed by atoms with Gasteiger partial charge in [-0.3, -0.25) is 15.4 Å². The predicted molar refractivity (Wildman–Crippen MR) is 110 cm³/mol. The molecule has 0 unspecified atom stereocenters. The van der Waals surface area contributed by atoms with Crippen LogP contribution in [0.1, 0.15) is 11.4 Å². The van der Waals surface area contributed by atoms with E-state index in [1.54, 1.807) is 12.4 Å². The molecule has 0 aliphatic carbocycles. The van der Waals surface area contributed by atoms with Crippen LogP contribution in [0.15, 0.2) is 84.4 Å². The molecule has 0 spiro atoms. The van der Waals surface area contributed by atoms with Gasteiger partial charge in [-0.15, -0.1) is 0 Å². The van der Waals surface area contributed by atoms with Gasteiger partial charge in [0.2, 0.25) is 5.13 Å². The van der Waals surface area contributed by atoms with Crippen LogP contribution in [0.5, 0.6) is 0 Å². The van der Waals surface area contributed by atoms with Crippen molar-refractivity contribution in [2.75, 3.05) is 5.43 Å². The Hall–Kier alpha value is -3.09. The lowest BCUT2D eigenvalue weighted by molar-refractivity contribution is 1.20. The Bertz CT molecular complexity index is 1010. The lowest BCUT2D eigenvalue weighted by atomic mass is 10.1. The maximum Gasteiger partial charge on any atom is 0.203 e. The first-order chi connectivity index (χ1) is 13.3. The Morgan fingerprint density at radius 2 is 1.52 bits per heavy atom. The van der Waals surface area contributed by atoms with Crippen LogP contribution in [0.2, 0.25) is 5.02 Å². The van der Waals surface area contributed by atoms with E-state index in [2.05, 4.69) is 25.5 Å². The van der Waals surface area contributed by atoms with Crippen LogP contribution in [0.25, 0.3) is 10.4 Å². The van der Waals surface area contributed by atoms with E-state index >= 15 is 0 Å². The monoisotopic (exact) mass is 391 g/mol. The van der Waals surface area contributed by atoms with Crippen LogP contribution < -0.4 is 5.43 Å². The van der Waals surface area contributed by atoms with Crippen LogP contribution in [0, 0.1) is 0 Å². The van der Waals surface area contributed by atoms with Crippen molar-refractivity contribution in [2.24, 2.45) is 5.10 Å². The van der Waals surface area contributed by atoms with Crippen molar-refractivity contribution < 1.29 is 0 Å². The number of hydrogen-bond acceptors (Lipinski definition) is 6. The molecule has 27 heavy (non-hydrogen) atoms. The minimum atomic E-state index is 0.652. The Morgan fingerprint density at radius 3 is 2.11 bits per heavy atom. The molecule has 4 aromatic rings. The van der Waals surface area contributed by atoms with Crippen molar-refractivity contribution in [2.45, 2.75) is 0 Å². The van der Waals surface area contributed by atoms with Gasteiger partial charge in [0.1, 0.15) is 5.71 Å². The normalized spacial score (nSPS) is 10.4. The van der Waals surface area contributed by atoms with E-state index in [4.69, 9.17) is 11.6 Å². The molecule has 1 aromatic carbocycles. The highest BCUT2D eigenvalue weighted by Gasteiger charge is 2.10. The molecular formula is C20H14ClN5S. The van der Waals surface area contributed by atoms with E-state index in [0.717, 1.165) is 21.8 Å². The maximum absolute atomic E-state index is 5.95. The van der Waals surface area contributed by atoms with Crippen LogP contribution >= 0.6 is 22.9 Å². The number of aromatic nitrogens is 3. The predicted octanol–water partition coefficient (Wildman–Crippen LogP) is 5.12. The number of hydrazone groups is 1. The number of anilines is 1. The van der Waals surface area contributed by atoms with Gasteiger partial charge in [0.15, 0.2) is 0 Å². The SMILES string of the molecule is Clc1ccc(-c2cnc(NN=C(c3ccccn3)c3ccccn3)s2)cc1. The lowest BCUT2D eigenvalue weighted by Crippen LogP contribution is -2.10. The van der Waals surface area contributed by atoms with E-state index in [1.807, 2.05) is 66.9 Å². The van der Waals surface area contributed by atoms with E-state index in [-0.39, 0.29) is 0 Å². The van der Waals surface area contributed by atoms with E-state index in [0.29, 0.717) is 15.9 Å². The first-order valence-electron chi connectivity index (χ1n) is 8.18. The average molecular weight is 392 g/mol. The molecule has 3 aromatic heterocycles. The van der Waals surface area contributed by atoms with Crippen LogP contribution in [-0.4, -0.2) is 20.7 Å². The molecule has 0 fully saturated rings. The van der Waals surface area contributed by atoms with Crippen molar-refractivity contribution in [3.8, 4) is 10.4 Å². The van der Waals surface area contributed by atoms with Crippen molar-refractivity contribution in [1.29, 1.82) is 0 Å². The largest absolute Gasteiger partial charge is 0.254 e. The maximum atomic E-state index is 5.95. The van der Waals surface area contributed by atoms with Crippen molar-refractivity contribution in [1.82, 2.24) is 15.0 Å². The minimum absolute atomic E-state index is 0.652. The summed E-state index contributed by atoms with van der Waals surface area (Å²) in [6, 6.07) is 19.0. The average Bonchev–Trinajstić information content (AvgIpc) is 3.19. The molecule has 5 nitrogen and oxygen atoms in total. The Kier molecular flexibility index (Phi) is 5.18. The fourth-order valence-corrected chi connectivity index (χ4v) is 3.32. The molecule has 0 aliphatic rings. The fraction of sp³-hybridized carbons (Fsp3) is 0. The number of nitrogens with zero attached hydrogens (tertiary/aromatic N) is 4. The third-order valence-electron chi connectivity index (χ3n) is 3.71. The summed E-state index contributed by atoms with van der Waals surface area (Å²) in [7, 11) is 0. The van der Waals surface area contributed by atoms with Gasteiger partial charge in [-0.1, -0.05) is 47.2 Å². The van der Waals surface area contributed by atoms with Gasteiger partial charge in [0.25, 0.3) is 0 Å². The third kappa shape index (κ3) is 4.19. The molecule has 0 radical (unpaired) electrons. The summed E-state index contributed by atoms with van der Waals surface area (Å²) in [5.74, 6) is 0. The fourth-order valence-electron chi connectivity index (χ4n) is 2.43. The van der Waals surface area contributed by atoms with E-state index in [9.17, 15) is 0 Å². The topological polar surface area (TPSA) is 63.1 Å². The van der Waals surface area contributed by atoms with Gasteiger partial charge in [-0.2, -0.15) is 5.10 Å². The van der Waals surface area contributed by atoms with E-state index < -0.39 is 0 Å². The summed E-state index contributed by atoms with van der Waals surface area (Å²) >= 11 is 7.46. The molecule has 132 valence electrons. The first-order valence-corrected chi connectivity index (χ1v) is 9.37. The van der Waals surface area contributed by atoms with Crippen molar-refractivity contribution >= 4 is 33.8 Å². The molecule has 1 N–H and O–H groups in total. The highest BCUT2D eigenvalue weighted by molar-refractivity contribution is 7.18. The summed E-state index contributed by atoms with van der Waals surface area (Å²) in [6.45, 7) is 0. The molecule has 4 rings (SSSR count). The van der Waals surface area contributed by atoms with Gasteiger partial charge in [-0.25, -0.2) is 4.98 Å². The summed E-state index contributed by atoms with van der Waals surface area (Å²) < 4.78 is 0. The Balaban J connectivity index is 1.62. The zero-order chi connectivity index (χ0) is 18.5. The minimum Gasteiger partial charge on any atom is -0.254 e. The molecule has 0 bridgehead atoms. The van der Waals surface area contributed by atoms with Crippen LogP contribution in [0.4, 0.5) is 5.13 Å². The molecule has 0 atom stereocenters. The van der Waals surface area contributed by atoms with Gasteiger partial charge in [-0.05, 0) is 42.0 Å². The van der Waals surface area contributed by atoms with Crippen LogP contribution in [-0.2, 0) is 0 Å². The summed E-state index contributed by atoms with van der Waals surface area (Å²) in [6.07, 6.45) is 5.28. The molecule has 3 heterocycles. The quantitative estimate of drug-likeness (QED) is 0.379. The Morgan fingerprint density at radius 1 is 0.852 bits per heavy atom. The molecule has 7 heteroatoms. The number of benzene rings is 1. The van der Waals surface area contributed by atoms with Gasteiger partial charge in [0, 0.05) is 23.6 Å². The second kappa shape index (κ2) is 8.07. The zero-order valence-corrected chi connectivity index (χ0v) is 15.7. The highest BCUT2D eigenvalue weighted by atomic mass is 35.5. The number of hydrogen-bond donors (Lipinski definition) is 1. The summed E-state index contributed by atoms with van der Waals surface area (Å²) in [4.78, 5) is 14.2. The second-order valence-electron chi connectivity index (χ2n) is 5.54.